The predicted molar refractivity (Wildman–Crippen MR) is 111 cm³/mol. The van der Waals surface area contributed by atoms with Crippen LogP contribution < -0.4 is 5.32 Å². The highest BCUT2D eigenvalue weighted by atomic mass is 16.1. The lowest BCUT2D eigenvalue weighted by atomic mass is 10.1. The number of para-hydroxylation sites is 2. The second-order valence-electron chi connectivity index (χ2n) is 6.53. The summed E-state index contributed by atoms with van der Waals surface area (Å²) in [5, 5.41) is 3.45. The van der Waals surface area contributed by atoms with Crippen molar-refractivity contribution >= 4 is 29.2 Å². The van der Waals surface area contributed by atoms with Crippen molar-refractivity contribution < 1.29 is 4.79 Å². The van der Waals surface area contributed by atoms with E-state index in [0.29, 0.717) is 0 Å². The fourth-order valence-corrected chi connectivity index (χ4v) is 2.92. The van der Waals surface area contributed by atoms with Crippen LogP contribution >= 0.6 is 0 Å². The van der Waals surface area contributed by atoms with Gasteiger partial charge in [0.25, 0.3) is 0 Å². The summed E-state index contributed by atoms with van der Waals surface area (Å²) in [6.07, 6.45) is 3.03. The van der Waals surface area contributed by atoms with Gasteiger partial charge in [-0.05, 0) is 51.0 Å². The summed E-state index contributed by atoms with van der Waals surface area (Å²) in [6, 6.07) is 14.5. The van der Waals surface area contributed by atoms with E-state index in [2.05, 4.69) is 62.3 Å². The van der Waals surface area contributed by atoms with Gasteiger partial charge in [0.1, 0.15) is 0 Å². The van der Waals surface area contributed by atoms with Crippen molar-refractivity contribution in [3.63, 3.8) is 0 Å². The summed E-state index contributed by atoms with van der Waals surface area (Å²) in [4.78, 5) is 16.7. The maximum absolute atomic E-state index is 10.2. The maximum Gasteiger partial charge on any atom is 0.209 e. The van der Waals surface area contributed by atoms with Crippen molar-refractivity contribution in [1.82, 2.24) is 4.90 Å². The van der Waals surface area contributed by atoms with Crippen molar-refractivity contribution in [2.75, 3.05) is 18.4 Å². The van der Waals surface area contributed by atoms with Gasteiger partial charge in [-0.15, -0.1) is 0 Å². The molecule has 2 aromatic rings. The molecule has 1 aliphatic heterocycles. The minimum absolute atomic E-state index is 0.900. The van der Waals surface area contributed by atoms with E-state index in [9.17, 15) is 4.79 Å². The van der Waals surface area contributed by atoms with Gasteiger partial charge >= 0.3 is 0 Å². The van der Waals surface area contributed by atoms with E-state index in [1.165, 1.54) is 11.1 Å². The zero-order valence-electron chi connectivity index (χ0n) is 16.2. The molecule has 0 aliphatic carbocycles. The lowest BCUT2D eigenvalue weighted by molar-refractivity contribution is -0.118. The number of anilines is 2. The van der Waals surface area contributed by atoms with E-state index in [1.54, 1.807) is 4.90 Å². The Hall–Kier alpha value is -2.62. The van der Waals surface area contributed by atoms with Crippen LogP contribution in [0.3, 0.4) is 0 Å². The van der Waals surface area contributed by atoms with Gasteiger partial charge in [-0.3, -0.25) is 9.79 Å². The van der Waals surface area contributed by atoms with E-state index in [1.807, 2.05) is 18.2 Å². The third kappa shape index (κ3) is 5.19. The second kappa shape index (κ2) is 9.76. The summed E-state index contributed by atoms with van der Waals surface area (Å²) in [6.45, 7) is 10.1. The zero-order valence-corrected chi connectivity index (χ0v) is 16.2. The predicted octanol–water partition coefficient (Wildman–Crippen LogP) is 5.46. The van der Waals surface area contributed by atoms with Crippen LogP contribution in [-0.2, 0) is 4.79 Å². The molecule has 0 aromatic heterocycles. The highest BCUT2D eigenvalue weighted by molar-refractivity contribution is 6.07. The van der Waals surface area contributed by atoms with Crippen LogP contribution in [0.2, 0.25) is 0 Å². The highest BCUT2D eigenvalue weighted by Crippen LogP contribution is 2.33. The Morgan fingerprint density at radius 3 is 2.35 bits per heavy atom. The van der Waals surface area contributed by atoms with Gasteiger partial charge in [-0.25, -0.2) is 0 Å². The van der Waals surface area contributed by atoms with Crippen LogP contribution in [0.15, 0.2) is 47.5 Å². The standard InChI is InChI=1S/C15H14N2.C7H15NO/c1-10-7-8-13-12(9-10)11(2)16-14-5-3-4-6-15(14)17-13;1-3-5-8(7-9)6-4-2/h3-9,17H,1-2H3;7H,3-6H2,1-2H3. The molecule has 26 heavy (non-hydrogen) atoms. The van der Waals surface area contributed by atoms with Crippen LogP contribution in [0.5, 0.6) is 0 Å². The Kier molecular flexibility index (Phi) is 7.39. The number of nitrogens with zero attached hydrogens (tertiary/aromatic N) is 2. The van der Waals surface area contributed by atoms with Crippen LogP contribution in [0, 0.1) is 6.92 Å². The van der Waals surface area contributed by atoms with Gasteiger partial charge in [-0.2, -0.15) is 0 Å². The molecule has 0 spiro atoms. The summed E-state index contributed by atoms with van der Waals surface area (Å²) < 4.78 is 0. The molecule has 2 aromatic carbocycles. The molecule has 0 bridgehead atoms. The molecule has 1 N–H and O–H groups in total. The maximum atomic E-state index is 10.2. The lowest BCUT2D eigenvalue weighted by Gasteiger charge is -2.13. The van der Waals surface area contributed by atoms with E-state index < -0.39 is 0 Å². The number of carbonyl (C=O) groups is 1. The average molecular weight is 351 g/mol. The molecule has 1 amide bonds. The first-order valence-corrected chi connectivity index (χ1v) is 9.30. The third-order valence-electron chi connectivity index (χ3n) is 4.20. The number of hydrogen-bond donors (Lipinski definition) is 1. The number of hydrogen-bond acceptors (Lipinski definition) is 3. The molecule has 0 saturated carbocycles. The Balaban J connectivity index is 0.000000232. The fraction of sp³-hybridized carbons (Fsp3) is 0.364. The summed E-state index contributed by atoms with van der Waals surface area (Å²) in [7, 11) is 0. The number of rotatable bonds is 5. The molecule has 1 heterocycles. The van der Waals surface area contributed by atoms with Gasteiger partial charge in [0, 0.05) is 30.1 Å². The number of benzene rings is 2. The molecule has 0 saturated heterocycles. The Morgan fingerprint density at radius 1 is 1.00 bits per heavy atom. The van der Waals surface area contributed by atoms with Crippen molar-refractivity contribution in [3.8, 4) is 0 Å². The first-order valence-electron chi connectivity index (χ1n) is 9.30. The quantitative estimate of drug-likeness (QED) is 0.727. The molecule has 4 nitrogen and oxygen atoms in total. The number of amides is 1. The zero-order chi connectivity index (χ0) is 18.9. The van der Waals surface area contributed by atoms with Gasteiger partial charge in [0.15, 0.2) is 0 Å². The van der Waals surface area contributed by atoms with E-state index in [-0.39, 0.29) is 0 Å². The van der Waals surface area contributed by atoms with Crippen molar-refractivity contribution in [2.45, 2.75) is 40.5 Å². The minimum Gasteiger partial charge on any atom is -0.353 e. The van der Waals surface area contributed by atoms with Crippen molar-refractivity contribution in [1.29, 1.82) is 0 Å². The van der Waals surface area contributed by atoms with Gasteiger partial charge < -0.3 is 10.2 Å². The number of nitrogens with one attached hydrogen (secondary N) is 1. The third-order valence-corrected chi connectivity index (χ3v) is 4.20. The second-order valence-corrected chi connectivity index (χ2v) is 6.53. The molecule has 0 unspecified atom stereocenters. The first-order chi connectivity index (χ1) is 12.6. The molecule has 1 aliphatic rings. The van der Waals surface area contributed by atoms with E-state index in [4.69, 9.17) is 0 Å². The normalized spacial score (nSPS) is 11.6. The van der Waals surface area contributed by atoms with Crippen molar-refractivity contribution in [2.24, 2.45) is 4.99 Å². The lowest BCUT2D eigenvalue weighted by Crippen LogP contribution is -2.23. The molecule has 138 valence electrons. The van der Waals surface area contributed by atoms with Gasteiger partial charge in [-0.1, -0.05) is 37.6 Å². The Labute approximate surface area is 157 Å². The first kappa shape index (κ1) is 19.7. The van der Waals surface area contributed by atoms with Crippen LogP contribution in [-0.4, -0.2) is 30.1 Å². The van der Waals surface area contributed by atoms with Gasteiger partial charge in [0.05, 0.1) is 11.4 Å². The van der Waals surface area contributed by atoms with E-state index >= 15 is 0 Å². The SMILES string of the molecule is CC1=Nc2ccccc2Nc2ccc(C)cc21.CCCN(C=O)CCC. The molecule has 0 atom stereocenters. The van der Waals surface area contributed by atoms with Crippen molar-refractivity contribution in [3.05, 3.63) is 53.6 Å². The summed E-state index contributed by atoms with van der Waals surface area (Å²) in [5.41, 5.74) is 6.68. The monoisotopic (exact) mass is 351 g/mol. The van der Waals surface area contributed by atoms with Crippen LogP contribution in [0.1, 0.15) is 44.7 Å². The number of carbonyl (C=O) groups excluding carboxylic acids is 1. The smallest absolute Gasteiger partial charge is 0.209 e. The highest BCUT2D eigenvalue weighted by Gasteiger charge is 2.12. The largest absolute Gasteiger partial charge is 0.353 e. The molecular weight excluding hydrogens is 322 g/mol. The molecule has 0 radical (unpaired) electrons. The topological polar surface area (TPSA) is 44.7 Å². The summed E-state index contributed by atoms with van der Waals surface area (Å²) >= 11 is 0. The summed E-state index contributed by atoms with van der Waals surface area (Å²) in [5.74, 6) is 0. The van der Waals surface area contributed by atoms with Crippen LogP contribution in [0.4, 0.5) is 17.1 Å². The molecule has 0 fully saturated rings. The number of fused-ring (bicyclic) bond motifs is 2. The number of aryl methyl sites for hydroxylation is 1. The van der Waals surface area contributed by atoms with Crippen LogP contribution in [0.25, 0.3) is 0 Å². The van der Waals surface area contributed by atoms with E-state index in [0.717, 1.165) is 55.1 Å². The Morgan fingerprint density at radius 2 is 1.69 bits per heavy atom. The molecular formula is C22H29N3O. The number of aliphatic imine (C=N–C) groups is 1. The average Bonchev–Trinajstić information content (AvgIpc) is 2.78. The fourth-order valence-electron chi connectivity index (χ4n) is 2.92. The molecule has 4 heteroatoms. The Bertz CT molecular complexity index is 762. The molecule has 3 rings (SSSR count). The van der Waals surface area contributed by atoms with Gasteiger partial charge in [0.2, 0.25) is 6.41 Å². The minimum atomic E-state index is 0.900.